The van der Waals surface area contributed by atoms with E-state index in [-0.39, 0.29) is 5.75 Å². The molecule has 1 aromatic heterocycles. The van der Waals surface area contributed by atoms with Gasteiger partial charge in [-0.1, -0.05) is 6.07 Å². The first-order chi connectivity index (χ1) is 8.84. The number of halogens is 3. The monoisotopic (exact) mass is 268 g/mol. The van der Waals surface area contributed by atoms with Gasteiger partial charge in [0.1, 0.15) is 5.75 Å². The highest BCUT2D eigenvalue weighted by Gasteiger charge is 2.34. The first kappa shape index (κ1) is 13.3. The maximum absolute atomic E-state index is 12.3. The third-order valence-electron chi connectivity index (χ3n) is 2.31. The van der Waals surface area contributed by atoms with Crippen LogP contribution in [0.4, 0.5) is 13.2 Å². The molecule has 19 heavy (non-hydrogen) atoms. The number of hydrogen-bond acceptors (Lipinski definition) is 3. The van der Waals surface area contributed by atoms with Crippen LogP contribution >= 0.6 is 0 Å². The first-order valence-corrected chi connectivity index (χ1v) is 5.50. The summed E-state index contributed by atoms with van der Waals surface area (Å²) in [4.78, 5) is 6.46. The van der Waals surface area contributed by atoms with Crippen molar-refractivity contribution >= 4 is 0 Å². The molecule has 0 saturated carbocycles. The van der Waals surface area contributed by atoms with Crippen LogP contribution in [0.5, 0.6) is 11.5 Å². The Morgan fingerprint density at radius 2 is 1.42 bits per heavy atom. The number of aryl methyl sites for hydroxylation is 2. The van der Waals surface area contributed by atoms with Gasteiger partial charge in [-0.3, -0.25) is 0 Å². The van der Waals surface area contributed by atoms with E-state index >= 15 is 0 Å². The molecule has 0 fully saturated rings. The minimum absolute atomic E-state index is 0.165. The molecular formula is C13H11F3N2O. The molecule has 0 atom stereocenters. The number of ether oxygens (including phenoxy) is 1. The number of hydrogen-bond donors (Lipinski definition) is 0. The second-order valence-corrected chi connectivity index (χ2v) is 4.17. The van der Waals surface area contributed by atoms with Gasteiger partial charge in [0, 0.05) is 0 Å². The van der Waals surface area contributed by atoms with Crippen LogP contribution in [0, 0.1) is 13.8 Å². The molecule has 0 amide bonds. The lowest BCUT2D eigenvalue weighted by Crippen LogP contribution is -2.10. The largest absolute Gasteiger partial charge is 0.454 e. The fourth-order valence-electron chi connectivity index (χ4n) is 1.64. The van der Waals surface area contributed by atoms with Crippen LogP contribution in [0.3, 0.4) is 0 Å². The molecule has 1 aromatic carbocycles. The summed E-state index contributed by atoms with van der Waals surface area (Å²) in [5.74, 6) is -0.473. The normalized spacial score (nSPS) is 11.4. The summed E-state index contributed by atoms with van der Waals surface area (Å²) in [6.45, 7) is 3.81. The minimum atomic E-state index is -4.54. The molecule has 6 heteroatoms. The molecule has 0 aliphatic carbocycles. The molecule has 0 spiro atoms. The van der Waals surface area contributed by atoms with E-state index in [0.29, 0.717) is 5.75 Å². The van der Waals surface area contributed by atoms with E-state index in [2.05, 4.69) is 9.97 Å². The zero-order valence-corrected chi connectivity index (χ0v) is 10.3. The van der Waals surface area contributed by atoms with Crippen molar-refractivity contribution in [3.05, 3.63) is 47.5 Å². The topological polar surface area (TPSA) is 35.0 Å². The number of nitrogens with zero attached hydrogens (tertiary/aromatic N) is 2. The number of benzene rings is 1. The van der Waals surface area contributed by atoms with Crippen LogP contribution in [0.2, 0.25) is 0 Å². The Morgan fingerprint density at radius 1 is 0.895 bits per heavy atom. The van der Waals surface area contributed by atoms with E-state index in [0.717, 1.165) is 23.5 Å². The fraction of sp³-hybridized carbons (Fsp3) is 0.231. The van der Waals surface area contributed by atoms with Crippen LogP contribution in [-0.2, 0) is 6.18 Å². The van der Waals surface area contributed by atoms with Gasteiger partial charge in [0.25, 0.3) is 0 Å². The van der Waals surface area contributed by atoms with Gasteiger partial charge in [0.15, 0.2) is 5.75 Å². The van der Waals surface area contributed by atoms with Gasteiger partial charge >= 0.3 is 6.18 Å². The van der Waals surface area contributed by atoms with Crippen LogP contribution in [0.25, 0.3) is 0 Å². The lowest BCUT2D eigenvalue weighted by Gasteiger charge is -2.08. The average Bonchev–Trinajstić information content (AvgIpc) is 2.26. The fourth-order valence-corrected chi connectivity index (χ4v) is 1.64. The smallest absolute Gasteiger partial charge is 0.451 e. The quantitative estimate of drug-likeness (QED) is 0.828. The highest BCUT2D eigenvalue weighted by molar-refractivity contribution is 5.35. The van der Waals surface area contributed by atoms with E-state index in [1.165, 1.54) is 0 Å². The summed E-state index contributed by atoms with van der Waals surface area (Å²) in [5, 5.41) is 0. The van der Waals surface area contributed by atoms with Crippen molar-refractivity contribution in [1.29, 1.82) is 0 Å². The predicted molar refractivity (Wildman–Crippen MR) is 63.0 cm³/mol. The lowest BCUT2D eigenvalue weighted by molar-refractivity contribution is -0.145. The summed E-state index contributed by atoms with van der Waals surface area (Å²) in [7, 11) is 0. The van der Waals surface area contributed by atoms with E-state index in [4.69, 9.17) is 4.74 Å². The van der Waals surface area contributed by atoms with Gasteiger partial charge < -0.3 is 4.74 Å². The molecule has 0 radical (unpaired) electrons. The SMILES string of the molecule is Cc1cc(C)cc(Oc2cnc(C(F)(F)F)nc2)c1. The Kier molecular flexibility index (Phi) is 3.42. The Balaban J connectivity index is 2.20. The first-order valence-electron chi connectivity index (χ1n) is 5.50. The predicted octanol–water partition coefficient (Wildman–Crippen LogP) is 3.90. The van der Waals surface area contributed by atoms with Crippen molar-refractivity contribution in [1.82, 2.24) is 9.97 Å². The highest BCUT2D eigenvalue weighted by Crippen LogP contribution is 2.27. The van der Waals surface area contributed by atoms with Gasteiger partial charge in [0.05, 0.1) is 12.4 Å². The lowest BCUT2D eigenvalue weighted by atomic mass is 10.1. The van der Waals surface area contributed by atoms with Gasteiger partial charge in [0.2, 0.25) is 5.82 Å². The minimum Gasteiger partial charge on any atom is -0.454 e. The maximum Gasteiger partial charge on any atom is 0.451 e. The number of alkyl halides is 3. The van der Waals surface area contributed by atoms with Gasteiger partial charge in [-0.25, -0.2) is 9.97 Å². The van der Waals surface area contributed by atoms with E-state index in [1.807, 2.05) is 19.9 Å². The van der Waals surface area contributed by atoms with Crippen molar-refractivity contribution < 1.29 is 17.9 Å². The van der Waals surface area contributed by atoms with Crippen molar-refractivity contribution in [3.8, 4) is 11.5 Å². The average molecular weight is 268 g/mol. The zero-order valence-electron chi connectivity index (χ0n) is 10.3. The highest BCUT2D eigenvalue weighted by atomic mass is 19.4. The maximum atomic E-state index is 12.3. The molecule has 2 aromatic rings. The third kappa shape index (κ3) is 3.43. The Labute approximate surface area is 108 Å². The molecule has 0 aliphatic rings. The summed E-state index contributed by atoms with van der Waals surface area (Å²) >= 11 is 0. The summed E-state index contributed by atoms with van der Waals surface area (Å²) in [5.41, 5.74) is 2.01. The van der Waals surface area contributed by atoms with Crippen molar-refractivity contribution in [3.63, 3.8) is 0 Å². The van der Waals surface area contributed by atoms with Gasteiger partial charge in [-0.15, -0.1) is 0 Å². The van der Waals surface area contributed by atoms with Crippen molar-refractivity contribution in [2.24, 2.45) is 0 Å². The Morgan fingerprint density at radius 3 is 1.89 bits per heavy atom. The number of aromatic nitrogens is 2. The zero-order chi connectivity index (χ0) is 14.0. The molecule has 0 saturated heterocycles. The molecule has 3 nitrogen and oxygen atoms in total. The molecule has 0 unspecified atom stereocenters. The summed E-state index contributed by atoms with van der Waals surface area (Å²) < 4.78 is 42.3. The Bertz CT molecular complexity index is 559. The Hall–Kier alpha value is -2.11. The molecule has 100 valence electrons. The third-order valence-corrected chi connectivity index (χ3v) is 2.31. The van der Waals surface area contributed by atoms with Crippen molar-refractivity contribution in [2.75, 3.05) is 0 Å². The van der Waals surface area contributed by atoms with Gasteiger partial charge in [-0.2, -0.15) is 13.2 Å². The molecule has 0 aliphatic heterocycles. The van der Waals surface area contributed by atoms with Crippen LogP contribution < -0.4 is 4.74 Å². The molecule has 2 rings (SSSR count). The van der Waals surface area contributed by atoms with Gasteiger partial charge in [-0.05, 0) is 37.1 Å². The summed E-state index contributed by atoms with van der Waals surface area (Å²) in [6, 6.07) is 5.53. The van der Waals surface area contributed by atoms with Crippen LogP contribution in [-0.4, -0.2) is 9.97 Å². The second kappa shape index (κ2) is 4.87. The molecule has 1 heterocycles. The van der Waals surface area contributed by atoms with Crippen LogP contribution in [0.1, 0.15) is 17.0 Å². The van der Waals surface area contributed by atoms with Crippen molar-refractivity contribution in [2.45, 2.75) is 20.0 Å². The second-order valence-electron chi connectivity index (χ2n) is 4.17. The summed E-state index contributed by atoms with van der Waals surface area (Å²) in [6.07, 6.45) is -2.53. The van der Waals surface area contributed by atoms with E-state index < -0.39 is 12.0 Å². The molecule has 0 bridgehead atoms. The van der Waals surface area contributed by atoms with E-state index in [1.54, 1.807) is 12.1 Å². The van der Waals surface area contributed by atoms with Crippen LogP contribution in [0.15, 0.2) is 30.6 Å². The van der Waals surface area contributed by atoms with E-state index in [9.17, 15) is 13.2 Å². The standard InChI is InChI=1S/C13H11F3N2O/c1-8-3-9(2)5-10(4-8)19-11-6-17-12(18-7-11)13(14,15)16/h3-7H,1-2H3. The molecule has 0 N–H and O–H groups in total. The molecular weight excluding hydrogens is 257 g/mol. The number of rotatable bonds is 2.